The van der Waals surface area contributed by atoms with Crippen LogP contribution in [0.5, 0.6) is 23.0 Å². The Morgan fingerprint density at radius 1 is 0.394 bits per heavy atom. The highest BCUT2D eigenvalue weighted by Gasteiger charge is 2.30. The Balaban J connectivity index is 1.97. The van der Waals surface area contributed by atoms with Gasteiger partial charge < -0.3 is 28.7 Å². The summed E-state index contributed by atoms with van der Waals surface area (Å²) in [4.78, 5) is 31.1. The van der Waals surface area contributed by atoms with Gasteiger partial charge in [0.15, 0.2) is 13.2 Å². The van der Waals surface area contributed by atoms with Crippen LogP contribution in [0.1, 0.15) is 178 Å². The molecular weight excluding hydrogens is 821 g/mol. The second-order valence-corrected chi connectivity index (χ2v) is 22.3. The molecule has 0 fully saturated rings. The first kappa shape index (κ1) is 52.0. The van der Waals surface area contributed by atoms with Gasteiger partial charge in [-0.1, -0.05) is 132 Å². The summed E-state index contributed by atoms with van der Waals surface area (Å²) in [6.07, 6.45) is 2.02. The number of hydrogen-bond donors (Lipinski definition) is 0. The zero-order chi connectivity index (χ0) is 49.1. The van der Waals surface area contributed by atoms with Crippen LogP contribution in [-0.4, -0.2) is 75.2 Å². The van der Waals surface area contributed by atoms with Crippen molar-refractivity contribution < 1.29 is 28.5 Å². The monoisotopic (exact) mass is 903 g/mol. The minimum atomic E-state index is -0.193. The molecule has 0 radical (unpaired) electrons. The van der Waals surface area contributed by atoms with E-state index in [1.54, 1.807) is 14.2 Å². The number of carbonyl (C=O) groups is 2. The molecule has 0 N–H and O–H groups in total. The van der Waals surface area contributed by atoms with Gasteiger partial charge in [-0.25, -0.2) is 0 Å². The molecule has 66 heavy (non-hydrogen) atoms. The van der Waals surface area contributed by atoms with Crippen LogP contribution in [0.25, 0.3) is 0 Å². The fourth-order valence-electron chi connectivity index (χ4n) is 9.12. The zero-order valence-corrected chi connectivity index (χ0v) is 44.0. The Morgan fingerprint density at radius 2 is 0.591 bits per heavy atom. The lowest BCUT2D eigenvalue weighted by atomic mass is 9.79. The van der Waals surface area contributed by atoms with Crippen LogP contribution in [-0.2, 0) is 56.9 Å². The van der Waals surface area contributed by atoms with Crippen LogP contribution in [0.4, 0.5) is 0 Å². The van der Waals surface area contributed by atoms with Gasteiger partial charge in [0.05, 0.1) is 14.2 Å². The number of amides is 2. The van der Waals surface area contributed by atoms with Crippen LogP contribution >= 0.6 is 0 Å². The van der Waals surface area contributed by atoms with Crippen molar-refractivity contribution in [2.45, 2.75) is 158 Å². The molecule has 8 bridgehead atoms. The molecule has 0 aromatic heterocycles. The quantitative estimate of drug-likeness (QED) is 0.124. The minimum Gasteiger partial charge on any atom is -0.496 e. The largest absolute Gasteiger partial charge is 0.496 e. The highest BCUT2D eigenvalue weighted by Crippen LogP contribution is 2.44. The fraction of sp³-hybridized carbons (Fsp3) is 0.552. The van der Waals surface area contributed by atoms with Gasteiger partial charge in [-0.3, -0.25) is 9.59 Å². The Kier molecular flexibility index (Phi) is 16.1. The molecule has 8 heteroatoms. The molecule has 0 spiro atoms. The second kappa shape index (κ2) is 20.5. The molecule has 2 amide bonds. The maximum Gasteiger partial charge on any atom is 0.260 e. The van der Waals surface area contributed by atoms with E-state index in [4.69, 9.17) is 18.9 Å². The molecule has 0 saturated heterocycles. The number of rotatable bonds is 12. The third-order valence-corrected chi connectivity index (χ3v) is 13.3. The maximum atomic E-state index is 13.7. The smallest absolute Gasteiger partial charge is 0.260 e. The minimum absolute atomic E-state index is 0.0456. The van der Waals surface area contributed by atoms with E-state index in [0.717, 1.165) is 67.5 Å². The highest BCUT2D eigenvalue weighted by molar-refractivity contribution is 5.78. The Hall–Kier alpha value is -4.98. The summed E-state index contributed by atoms with van der Waals surface area (Å²) in [5, 5.41) is 0. The Labute approximate surface area is 398 Å². The van der Waals surface area contributed by atoms with E-state index < -0.39 is 0 Å². The third-order valence-electron chi connectivity index (χ3n) is 13.3. The molecule has 0 aliphatic heterocycles. The van der Waals surface area contributed by atoms with Crippen LogP contribution in [0, 0.1) is 0 Å². The standard InChI is InChI=1S/C58H82N2O6/c1-19-59(20-2)49(61)35-65-53-41-23-37-27-45(55(5,6)7)29-39(51(37)63-17)25-43-33-48(58(14,15)16)34-44(54(43)66-36-50(62)60(21-3)22-4)26-40-30-46(56(8,9)10)28-38(52(40)64-18)24-42(53)32-47(31-41)57(11,12)13/h27-34H,19-26,35-36H2,1-18H3. The van der Waals surface area contributed by atoms with E-state index in [-0.39, 0.29) is 46.7 Å². The van der Waals surface area contributed by atoms with Crippen molar-refractivity contribution in [2.75, 3.05) is 53.6 Å². The van der Waals surface area contributed by atoms with Crippen molar-refractivity contribution in [3.63, 3.8) is 0 Å². The molecule has 5 rings (SSSR count). The summed E-state index contributed by atoms with van der Waals surface area (Å²) >= 11 is 0. The summed E-state index contributed by atoms with van der Waals surface area (Å²) < 4.78 is 26.8. The summed E-state index contributed by atoms with van der Waals surface area (Å²) in [6, 6.07) is 18.3. The number of fused-ring (bicyclic) bond motifs is 8. The molecule has 0 unspecified atom stereocenters. The van der Waals surface area contributed by atoms with Crippen LogP contribution in [0.2, 0.25) is 0 Å². The van der Waals surface area contributed by atoms with Gasteiger partial charge >= 0.3 is 0 Å². The SMILES string of the molecule is CCN(CC)C(=O)COc1c2cc(C(C)(C)C)cc1Cc1cc(C(C)(C)C)cc(c1OC)Cc1cc(C(C)(C)C)cc(c1OCC(=O)N(CC)CC)Cc1cc(C(C)(C)C)cc(c1OC)C2. The molecule has 0 heterocycles. The first-order valence-electron chi connectivity index (χ1n) is 24.3. The predicted molar refractivity (Wildman–Crippen MR) is 272 cm³/mol. The summed E-state index contributed by atoms with van der Waals surface area (Å²) in [5.74, 6) is 2.96. The Bertz CT molecular complexity index is 2110. The van der Waals surface area contributed by atoms with Gasteiger partial charge in [-0.2, -0.15) is 0 Å². The van der Waals surface area contributed by atoms with Crippen LogP contribution < -0.4 is 18.9 Å². The van der Waals surface area contributed by atoms with E-state index in [2.05, 4.69) is 132 Å². The normalized spacial score (nSPS) is 13.2. The summed E-state index contributed by atoms with van der Waals surface area (Å²) in [5.41, 5.74) is 12.1. The van der Waals surface area contributed by atoms with Crippen LogP contribution in [0.3, 0.4) is 0 Å². The van der Waals surface area contributed by atoms with Gasteiger partial charge in [0.1, 0.15) is 23.0 Å². The molecule has 1 aliphatic rings. The lowest BCUT2D eigenvalue weighted by molar-refractivity contribution is -0.133. The number of ether oxygens (including phenoxy) is 4. The lowest BCUT2D eigenvalue weighted by Gasteiger charge is -2.29. The average Bonchev–Trinajstić information content (AvgIpc) is 3.22. The van der Waals surface area contributed by atoms with Crippen molar-refractivity contribution in [1.82, 2.24) is 9.80 Å². The lowest BCUT2D eigenvalue weighted by Crippen LogP contribution is -2.34. The third kappa shape index (κ3) is 11.9. The molecule has 360 valence electrons. The van der Waals surface area contributed by atoms with Crippen molar-refractivity contribution >= 4 is 11.8 Å². The maximum absolute atomic E-state index is 13.7. The molecule has 1 aliphatic carbocycles. The van der Waals surface area contributed by atoms with Gasteiger partial charge in [0.25, 0.3) is 11.8 Å². The van der Waals surface area contributed by atoms with Crippen molar-refractivity contribution in [1.29, 1.82) is 0 Å². The molecule has 0 saturated carbocycles. The number of carbonyl (C=O) groups excluding carboxylic acids is 2. The Morgan fingerprint density at radius 3 is 0.758 bits per heavy atom. The fourth-order valence-corrected chi connectivity index (χ4v) is 9.12. The summed E-state index contributed by atoms with van der Waals surface area (Å²) in [6.45, 7) is 37.3. The van der Waals surface area contributed by atoms with Gasteiger partial charge in [-0.05, 0) is 116 Å². The number of benzene rings is 4. The first-order valence-corrected chi connectivity index (χ1v) is 24.3. The van der Waals surface area contributed by atoms with Gasteiger partial charge in [0.2, 0.25) is 0 Å². The molecular formula is C58H82N2O6. The number of methoxy groups -OCH3 is 2. The van der Waals surface area contributed by atoms with Crippen molar-refractivity contribution in [3.05, 3.63) is 115 Å². The zero-order valence-electron chi connectivity index (χ0n) is 44.0. The van der Waals surface area contributed by atoms with Crippen molar-refractivity contribution in [2.24, 2.45) is 0 Å². The molecule has 4 aromatic rings. The molecule has 0 atom stereocenters. The number of nitrogens with zero attached hydrogens (tertiary/aromatic N) is 2. The number of likely N-dealkylation sites (N-methyl/N-ethyl adjacent to an activating group) is 2. The topological polar surface area (TPSA) is 77.5 Å². The average molecular weight is 903 g/mol. The van der Waals surface area contributed by atoms with E-state index in [1.807, 2.05) is 37.5 Å². The second-order valence-electron chi connectivity index (χ2n) is 22.3. The molecule has 4 aromatic carbocycles. The highest BCUT2D eigenvalue weighted by atomic mass is 16.5. The number of hydrogen-bond acceptors (Lipinski definition) is 6. The van der Waals surface area contributed by atoms with Crippen molar-refractivity contribution in [3.8, 4) is 23.0 Å². The van der Waals surface area contributed by atoms with Gasteiger partial charge in [0, 0.05) is 51.9 Å². The summed E-state index contributed by atoms with van der Waals surface area (Å²) in [7, 11) is 3.52. The van der Waals surface area contributed by atoms with Gasteiger partial charge in [-0.15, -0.1) is 0 Å². The van der Waals surface area contributed by atoms with E-state index in [0.29, 0.717) is 51.9 Å². The van der Waals surface area contributed by atoms with E-state index in [1.165, 1.54) is 22.3 Å². The predicted octanol–water partition coefficient (Wildman–Crippen LogP) is 12.1. The van der Waals surface area contributed by atoms with E-state index >= 15 is 0 Å². The van der Waals surface area contributed by atoms with E-state index in [9.17, 15) is 9.59 Å². The first-order chi connectivity index (χ1) is 30.8. The molecule has 8 nitrogen and oxygen atoms in total. The van der Waals surface area contributed by atoms with Crippen LogP contribution in [0.15, 0.2) is 48.5 Å².